The average Bonchev–Trinajstić information content (AvgIpc) is 3.42. The first-order valence-electron chi connectivity index (χ1n) is 15.0. The summed E-state index contributed by atoms with van der Waals surface area (Å²) in [7, 11) is 0. The molecule has 15 heteroatoms. The van der Waals surface area contributed by atoms with Gasteiger partial charge in [0.15, 0.2) is 0 Å². The van der Waals surface area contributed by atoms with Gasteiger partial charge in [0.05, 0.1) is 24.3 Å². The van der Waals surface area contributed by atoms with E-state index in [1.807, 2.05) is 0 Å². The molecular formula is C32H44N2O10S3. The first-order valence-corrected chi connectivity index (χ1v) is 17.8. The van der Waals surface area contributed by atoms with Crippen molar-refractivity contribution >= 4 is 80.1 Å². The van der Waals surface area contributed by atoms with E-state index >= 15 is 0 Å². The number of thioether (sulfide) groups is 1. The maximum absolute atomic E-state index is 12.8. The zero-order valence-electron chi connectivity index (χ0n) is 28.5. The van der Waals surface area contributed by atoms with E-state index in [9.17, 15) is 28.8 Å². The molecule has 2 heterocycles. The molecular weight excluding hydrogens is 669 g/mol. The number of thiophene rings is 2. The lowest BCUT2D eigenvalue weighted by atomic mass is 10.1. The van der Waals surface area contributed by atoms with Crippen LogP contribution >= 0.6 is 34.4 Å². The third kappa shape index (κ3) is 12.0. The first-order chi connectivity index (χ1) is 21.8. The highest BCUT2D eigenvalue weighted by Gasteiger charge is 2.31. The van der Waals surface area contributed by atoms with Gasteiger partial charge >= 0.3 is 23.9 Å². The number of carbonyl (C=O) groups is 6. The zero-order valence-corrected chi connectivity index (χ0v) is 31.0. The molecule has 0 saturated heterocycles. The van der Waals surface area contributed by atoms with Crippen molar-refractivity contribution in [1.29, 1.82) is 0 Å². The van der Waals surface area contributed by atoms with Crippen molar-refractivity contribution in [3.05, 3.63) is 32.0 Å². The highest BCUT2D eigenvalue weighted by Crippen LogP contribution is 2.36. The molecule has 0 atom stereocenters. The van der Waals surface area contributed by atoms with Crippen LogP contribution in [0.5, 0.6) is 0 Å². The Labute approximate surface area is 287 Å². The number of hydrogen-bond acceptors (Lipinski definition) is 13. The van der Waals surface area contributed by atoms with Crippen LogP contribution in [0.2, 0.25) is 0 Å². The minimum Gasteiger partial charge on any atom is -0.462 e. The van der Waals surface area contributed by atoms with Crippen LogP contribution in [0.25, 0.3) is 0 Å². The lowest BCUT2D eigenvalue weighted by Gasteiger charge is -2.19. The van der Waals surface area contributed by atoms with Crippen LogP contribution in [0.15, 0.2) is 0 Å². The average molecular weight is 713 g/mol. The van der Waals surface area contributed by atoms with Crippen LogP contribution in [0, 0.1) is 13.8 Å². The van der Waals surface area contributed by atoms with Crippen LogP contribution in [0.4, 0.5) is 10.0 Å². The van der Waals surface area contributed by atoms with E-state index in [4.69, 9.17) is 18.9 Å². The Bertz CT molecular complexity index is 1390. The van der Waals surface area contributed by atoms with Crippen molar-refractivity contribution in [1.82, 2.24) is 0 Å². The van der Waals surface area contributed by atoms with E-state index in [0.717, 1.165) is 22.7 Å². The van der Waals surface area contributed by atoms with E-state index in [-0.39, 0.29) is 68.8 Å². The Balaban J connectivity index is 2.02. The van der Waals surface area contributed by atoms with Gasteiger partial charge < -0.3 is 29.6 Å². The van der Waals surface area contributed by atoms with Gasteiger partial charge in [-0.25, -0.2) is 19.2 Å². The van der Waals surface area contributed by atoms with Crippen LogP contribution in [0.3, 0.4) is 0 Å². The molecule has 0 fully saturated rings. The highest BCUT2D eigenvalue weighted by atomic mass is 32.2. The Hall–Kier alpha value is -3.43. The highest BCUT2D eigenvalue weighted by molar-refractivity contribution is 7.99. The molecule has 47 heavy (non-hydrogen) atoms. The second-order valence-electron chi connectivity index (χ2n) is 12.2. The third-order valence-corrected chi connectivity index (χ3v) is 9.23. The molecule has 0 unspecified atom stereocenters. The quantitative estimate of drug-likeness (QED) is 0.121. The standard InChI is InChI=1S/C32H44N2O10S3/c1-11-41-27(37)21-17(3)23(29(39)43-31(5,6)7)46-25(21)33-19(35)13-15-45-16-14-20(36)34-26-22(28(38)42-12-2)18(4)24(47-26)30(40)44-32(8,9)10/h11-16H2,1-10H3,(H,33,35)(H,34,36). The Morgan fingerprint density at radius 3 is 1.26 bits per heavy atom. The molecule has 0 radical (unpaired) electrons. The molecule has 0 aliphatic rings. The summed E-state index contributed by atoms with van der Waals surface area (Å²) in [6.07, 6.45) is 0.146. The summed E-state index contributed by atoms with van der Waals surface area (Å²) in [5.41, 5.74) is -0.548. The molecule has 2 N–H and O–H groups in total. The molecule has 2 rings (SSSR count). The minimum absolute atomic E-state index is 0.0731. The Morgan fingerprint density at radius 2 is 0.957 bits per heavy atom. The molecule has 0 saturated carbocycles. The van der Waals surface area contributed by atoms with Crippen molar-refractivity contribution in [2.24, 2.45) is 0 Å². The Morgan fingerprint density at radius 1 is 0.617 bits per heavy atom. The van der Waals surface area contributed by atoms with Gasteiger partial charge in [-0.05, 0) is 80.4 Å². The topological polar surface area (TPSA) is 163 Å². The van der Waals surface area contributed by atoms with Crippen LogP contribution in [-0.4, -0.2) is 71.6 Å². The van der Waals surface area contributed by atoms with Crippen LogP contribution in [0.1, 0.15) is 119 Å². The fraction of sp³-hybridized carbons (Fsp3) is 0.562. The molecule has 260 valence electrons. The third-order valence-electron chi connectivity index (χ3n) is 5.87. The summed E-state index contributed by atoms with van der Waals surface area (Å²) in [4.78, 5) is 76.8. The van der Waals surface area contributed by atoms with Crippen molar-refractivity contribution in [3.63, 3.8) is 0 Å². The second kappa shape index (κ2) is 17.1. The van der Waals surface area contributed by atoms with Gasteiger partial charge in [-0.15, -0.1) is 22.7 Å². The molecule has 0 aliphatic carbocycles. The molecule has 2 aromatic heterocycles. The molecule has 2 amide bonds. The minimum atomic E-state index is -0.746. The van der Waals surface area contributed by atoms with Crippen LogP contribution in [-0.2, 0) is 28.5 Å². The second-order valence-corrected chi connectivity index (χ2v) is 15.4. The predicted molar refractivity (Wildman–Crippen MR) is 184 cm³/mol. The molecule has 0 bridgehead atoms. The molecule has 12 nitrogen and oxygen atoms in total. The summed E-state index contributed by atoms with van der Waals surface area (Å²) >= 11 is 3.26. The van der Waals surface area contributed by atoms with Gasteiger partial charge in [-0.2, -0.15) is 11.8 Å². The number of rotatable bonds is 14. The fourth-order valence-electron chi connectivity index (χ4n) is 3.95. The van der Waals surface area contributed by atoms with Gasteiger partial charge in [-0.3, -0.25) is 9.59 Å². The van der Waals surface area contributed by atoms with Crippen LogP contribution < -0.4 is 10.6 Å². The van der Waals surface area contributed by atoms with Gasteiger partial charge in [0, 0.05) is 24.3 Å². The van der Waals surface area contributed by atoms with E-state index in [0.29, 0.717) is 22.6 Å². The maximum atomic E-state index is 12.8. The molecule has 2 aromatic rings. The molecule has 0 aromatic carbocycles. The first kappa shape index (κ1) is 39.7. The zero-order chi connectivity index (χ0) is 35.7. The van der Waals surface area contributed by atoms with Crippen molar-refractivity contribution in [2.45, 2.75) is 93.3 Å². The normalized spacial score (nSPS) is 11.4. The number of ether oxygens (including phenoxy) is 4. The SMILES string of the molecule is CCOC(=O)c1c(NC(=O)CCSCCC(=O)Nc2sc(C(=O)OC(C)(C)C)c(C)c2C(=O)OCC)sc(C(=O)OC(C)(C)C)c1C. The van der Waals surface area contributed by atoms with Gasteiger partial charge in [0.2, 0.25) is 11.8 Å². The lowest BCUT2D eigenvalue weighted by molar-refractivity contribution is -0.116. The summed E-state index contributed by atoms with van der Waals surface area (Å²) < 4.78 is 21.2. The smallest absolute Gasteiger partial charge is 0.349 e. The van der Waals surface area contributed by atoms with E-state index < -0.39 is 35.1 Å². The van der Waals surface area contributed by atoms with E-state index in [2.05, 4.69) is 10.6 Å². The number of carbonyl (C=O) groups excluding carboxylic acids is 6. The van der Waals surface area contributed by atoms with Gasteiger partial charge in [-0.1, -0.05) is 0 Å². The fourth-order valence-corrected chi connectivity index (χ4v) is 6.99. The van der Waals surface area contributed by atoms with E-state index in [1.54, 1.807) is 69.2 Å². The van der Waals surface area contributed by atoms with Gasteiger partial charge in [0.1, 0.15) is 31.0 Å². The monoisotopic (exact) mass is 712 g/mol. The Kier molecular flexibility index (Phi) is 14.5. The largest absolute Gasteiger partial charge is 0.462 e. The number of nitrogens with one attached hydrogen (secondary N) is 2. The summed E-state index contributed by atoms with van der Waals surface area (Å²) in [6, 6.07) is 0. The maximum Gasteiger partial charge on any atom is 0.349 e. The molecule has 0 aliphatic heterocycles. The van der Waals surface area contributed by atoms with Crippen molar-refractivity contribution < 1.29 is 47.7 Å². The number of esters is 4. The van der Waals surface area contributed by atoms with Crippen molar-refractivity contribution in [3.8, 4) is 0 Å². The summed E-state index contributed by atoms with van der Waals surface area (Å²) in [5.74, 6) is -2.55. The molecule has 0 spiro atoms. The van der Waals surface area contributed by atoms with E-state index in [1.165, 1.54) is 11.8 Å². The number of anilines is 2. The number of hydrogen-bond donors (Lipinski definition) is 2. The van der Waals surface area contributed by atoms with Gasteiger partial charge in [0.25, 0.3) is 0 Å². The predicted octanol–water partition coefficient (Wildman–Crippen LogP) is 6.78. The number of amides is 2. The summed E-state index contributed by atoms with van der Waals surface area (Å²) in [6.45, 7) is 17.2. The lowest BCUT2D eigenvalue weighted by Crippen LogP contribution is -2.23. The summed E-state index contributed by atoms with van der Waals surface area (Å²) in [5, 5.41) is 5.83. The van der Waals surface area contributed by atoms with Crippen molar-refractivity contribution in [2.75, 3.05) is 35.4 Å².